The normalized spacial score (nSPS) is 18.1. The van der Waals surface area contributed by atoms with Crippen LogP contribution in [0.25, 0.3) is 0 Å². The number of nitrogens with one attached hydrogen (secondary N) is 2. The number of para-hydroxylation sites is 1. The van der Waals surface area contributed by atoms with Crippen molar-refractivity contribution in [2.45, 2.75) is 38.6 Å². The summed E-state index contributed by atoms with van der Waals surface area (Å²) >= 11 is 0. The topological polar surface area (TPSA) is 54.0 Å². The highest BCUT2D eigenvalue weighted by atomic mass is 16.1. The summed E-state index contributed by atoms with van der Waals surface area (Å²) in [6.07, 6.45) is 8.66. The summed E-state index contributed by atoms with van der Waals surface area (Å²) < 4.78 is 0. The zero-order valence-corrected chi connectivity index (χ0v) is 15.5. The summed E-state index contributed by atoms with van der Waals surface area (Å²) in [6, 6.07) is 13.9. The van der Waals surface area contributed by atoms with Crippen molar-refractivity contribution in [3.8, 4) is 0 Å². The first kappa shape index (κ1) is 17.5. The van der Waals surface area contributed by atoms with Gasteiger partial charge < -0.3 is 10.6 Å². The van der Waals surface area contributed by atoms with Crippen LogP contribution in [-0.4, -0.2) is 10.8 Å². The van der Waals surface area contributed by atoms with Crippen molar-refractivity contribution in [3.05, 3.63) is 84.0 Å². The lowest BCUT2D eigenvalue weighted by atomic mass is 9.60. The summed E-state index contributed by atoms with van der Waals surface area (Å²) in [5, 5.41) is 6.85. The number of anilines is 1. The first-order valence-electron chi connectivity index (χ1n) is 9.56. The highest BCUT2D eigenvalue weighted by Crippen LogP contribution is 2.52. The van der Waals surface area contributed by atoms with Gasteiger partial charge in [-0.15, -0.1) is 0 Å². The fourth-order valence-corrected chi connectivity index (χ4v) is 4.12. The SMILES string of the molecule is C=C(Nc1ccccc1)C1=C(NCc2ccncc2)CC2(CCC2)CC1=O. The molecule has 0 aliphatic heterocycles. The maximum Gasteiger partial charge on any atom is 0.167 e. The first-order chi connectivity index (χ1) is 13.2. The van der Waals surface area contributed by atoms with Gasteiger partial charge in [0.15, 0.2) is 5.78 Å². The van der Waals surface area contributed by atoms with Crippen molar-refractivity contribution in [1.29, 1.82) is 0 Å². The monoisotopic (exact) mass is 359 g/mol. The molecule has 1 fully saturated rings. The van der Waals surface area contributed by atoms with Crippen LogP contribution in [0.2, 0.25) is 0 Å². The van der Waals surface area contributed by atoms with Crippen LogP contribution in [0.1, 0.15) is 37.7 Å². The predicted octanol–water partition coefficient (Wildman–Crippen LogP) is 4.58. The van der Waals surface area contributed by atoms with E-state index in [2.05, 4.69) is 22.2 Å². The molecule has 4 rings (SSSR count). The number of Topliss-reactive ketones (excluding diaryl/α,β-unsaturated/α-hetero) is 1. The fraction of sp³-hybridized carbons (Fsp3) is 0.304. The fourth-order valence-electron chi connectivity index (χ4n) is 4.12. The van der Waals surface area contributed by atoms with E-state index in [1.807, 2.05) is 42.5 Å². The van der Waals surface area contributed by atoms with Gasteiger partial charge in [0.1, 0.15) is 0 Å². The molecular formula is C23H25N3O. The number of ketones is 1. The average molecular weight is 359 g/mol. The van der Waals surface area contributed by atoms with Gasteiger partial charge in [-0.2, -0.15) is 0 Å². The van der Waals surface area contributed by atoms with Gasteiger partial charge in [-0.25, -0.2) is 0 Å². The third-order valence-electron chi connectivity index (χ3n) is 5.71. The lowest BCUT2D eigenvalue weighted by Gasteiger charge is -2.45. The summed E-state index contributed by atoms with van der Waals surface area (Å²) in [4.78, 5) is 17.1. The Morgan fingerprint density at radius 3 is 2.48 bits per heavy atom. The van der Waals surface area contributed by atoms with Gasteiger partial charge in [0.25, 0.3) is 0 Å². The second-order valence-electron chi connectivity index (χ2n) is 7.66. The van der Waals surface area contributed by atoms with E-state index in [1.165, 1.54) is 6.42 Å². The Morgan fingerprint density at radius 2 is 1.81 bits per heavy atom. The predicted molar refractivity (Wildman–Crippen MR) is 108 cm³/mol. The zero-order valence-electron chi connectivity index (χ0n) is 15.5. The van der Waals surface area contributed by atoms with E-state index in [4.69, 9.17) is 0 Å². The molecule has 2 aromatic rings. The molecular weight excluding hydrogens is 334 g/mol. The maximum atomic E-state index is 13.0. The lowest BCUT2D eigenvalue weighted by Crippen LogP contribution is -2.40. The molecule has 2 aliphatic carbocycles. The number of pyridine rings is 1. The summed E-state index contributed by atoms with van der Waals surface area (Å²) in [7, 11) is 0. The highest BCUT2D eigenvalue weighted by molar-refractivity contribution is 6.02. The molecule has 1 aromatic carbocycles. The molecule has 4 heteroatoms. The zero-order chi connectivity index (χ0) is 18.7. The molecule has 0 amide bonds. The number of benzene rings is 1. The number of carbonyl (C=O) groups is 1. The Balaban J connectivity index is 1.59. The number of nitrogens with zero attached hydrogens (tertiary/aromatic N) is 1. The van der Waals surface area contributed by atoms with E-state index in [-0.39, 0.29) is 11.2 Å². The number of aromatic nitrogens is 1. The molecule has 0 bridgehead atoms. The molecule has 1 aromatic heterocycles. The molecule has 2 N–H and O–H groups in total. The van der Waals surface area contributed by atoms with Crippen LogP contribution < -0.4 is 10.6 Å². The minimum absolute atomic E-state index is 0.161. The van der Waals surface area contributed by atoms with Crippen molar-refractivity contribution in [1.82, 2.24) is 10.3 Å². The van der Waals surface area contributed by atoms with Crippen LogP contribution >= 0.6 is 0 Å². The molecule has 27 heavy (non-hydrogen) atoms. The van der Waals surface area contributed by atoms with Gasteiger partial charge in [-0.3, -0.25) is 9.78 Å². The van der Waals surface area contributed by atoms with Gasteiger partial charge in [-0.1, -0.05) is 31.2 Å². The molecule has 1 saturated carbocycles. The van der Waals surface area contributed by atoms with E-state index in [1.54, 1.807) is 12.4 Å². The van der Waals surface area contributed by atoms with Gasteiger partial charge in [-0.05, 0) is 54.5 Å². The third-order valence-corrected chi connectivity index (χ3v) is 5.71. The Kier molecular flexibility index (Phi) is 4.80. The molecule has 0 atom stereocenters. The lowest BCUT2D eigenvalue weighted by molar-refractivity contribution is -0.120. The van der Waals surface area contributed by atoms with Gasteiger partial charge in [0, 0.05) is 42.4 Å². The number of carbonyl (C=O) groups excluding carboxylic acids is 1. The molecule has 138 valence electrons. The van der Waals surface area contributed by atoms with E-state index in [9.17, 15) is 4.79 Å². The minimum Gasteiger partial charge on any atom is -0.384 e. The highest BCUT2D eigenvalue weighted by Gasteiger charge is 2.44. The van der Waals surface area contributed by atoms with Crippen molar-refractivity contribution >= 4 is 11.5 Å². The molecule has 1 heterocycles. The molecule has 1 spiro atoms. The average Bonchev–Trinajstić information content (AvgIpc) is 2.66. The van der Waals surface area contributed by atoms with Gasteiger partial charge in [0.2, 0.25) is 0 Å². The van der Waals surface area contributed by atoms with Crippen LogP contribution in [0.4, 0.5) is 5.69 Å². The Hall–Kier alpha value is -2.88. The smallest absolute Gasteiger partial charge is 0.167 e. The number of rotatable bonds is 6. The Morgan fingerprint density at radius 1 is 1.07 bits per heavy atom. The number of hydrogen-bond donors (Lipinski definition) is 2. The van der Waals surface area contributed by atoms with Crippen molar-refractivity contribution in [3.63, 3.8) is 0 Å². The second kappa shape index (κ2) is 7.39. The van der Waals surface area contributed by atoms with Gasteiger partial charge >= 0.3 is 0 Å². The summed E-state index contributed by atoms with van der Waals surface area (Å²) in [5.74, 6) is 0.201. The van der Waals surface area contributed by atoms with Crippen LogP contribution in [0.5, 0.6) is 0 Å². The molecule has 2 aliphatic rings. The largest absolute Gasteiger partial charge is 0.384 e. The molecule has 0 saturated heterocycles. The summed E-state index contributed by atoms with van der Waals surface area (Å²) in [5.41, 5.74) is 4.69. The molecule has 4 nitrogen and oxygen atoms in total. The van der Waals surface area contributed by atoms with Crippen molar-refractivity contribution < 1.29 is 4.79 Å². The van der Waals surface area contributed by atoms with Gasteiger partial charge in [0.05, 0.1) is 5.57 Å². The third kappa shape index (κ3) is 3.80. The quantitative estimate of drug-likeness (QED) is 0.792. The standard InChI is InChI=1S/C23H25N3O/c1-17(26-19-6-3-2-4-7-19)22-20(25-16-18-8-12-24-13-9-18)14-23(10-5-11-23)15-21(22)27/h2-4,6-9,12-13,25-26H,1,5,10-11,14-16H2. The van der Waals surface area contributed by atoms with Crippen LogP contribution in [-0.2, 0) is 11.3 Å². The maximum absolute atomic E-state index is 13.0. The van der Waals surface area contributed by atoms with Crippen molar-refractivity contribution in [2.75, 3.05) is 5.32 Å². The number of allylic oxidation sites excluding steroid dienone is 2. The Labute approximate surface area is 160 Å². The van der Waals surface area contributed by atoms with Crippen molar-refractivity contribution in [2.24, 2.45) is 5.41 Å². The van der Waals surface area contributed by atoms with E-state index in [0.717, 1.165) is 41.8 Å². The van der Waals surface area contributed by atoms with Crippen LogP contribution in [0.15, 0.2) is 78.4 Å². The second-order valence-corrected chi connectivity index (χ2v) is 7.66. The molecule has 0 unspecified atom stereocenters. The minimum atomic E-state index is 0.161. The summed E-state index contributed by atoms with van der Waals surface area (Å²) in [6.45, 7) is 4.86. The first-order valence-corrected chi connectivity index (χ1v) is 9.56. The van der Waals surface area contributed by atoms with E-state index < -0.39 is 0 Å². The Bertz CT molecular complexity index is 867. The van der Waals surface area contributed by atoms with E-state index in [0.29, 0.717) is 18.7 Å². The van der Waals surface area contributed by atoms with Crippen LogP contribution in [0, 0.1) is 5.41 Å². The van der Waals surface area contributed by atoms with Crippen LogP contribution in [0.3, 0.4) is 0 Å². The van der Waals surface area contributed by atoms with E-state index >= 15 is 0 Å². The number of hydrogen-bond acceptors (Lipinski definition) is 4. The molecule has 0 radical (unpaired) electrons.